The monoisotopic (exact) mass is 459 g/mol. The highest BCUT2D eigenvalue weighted by molar-refractivity contribution is 5.67. The predicted molar refractivity (Wildman–Crippen MR) is 120 cm³/mol. The molecule has 33 heavy (non-hydrogen) atoms. The van der Waals surface area contributed by atoms with Gasteiger partial charge in [0, 0.05) is 12.1 Å². The molecule has 0 saturated carbocycles. The van der Waals surface area contributed by atoms with Crippen LogP contribution < -0.4 is 4.74 Å². The number of para-hydroxylation sites is 1. The van der Waals surface area contributed by atoms with Crippen molar-refractivity contribution in [3.8, 4) is 22.8 Å². The van der Waals surface area contributed by atoms with Crippen molar-refractivity contribution < 1.29 is 22.6 Å². The van der Waals surface area contributed by atoms with E-state index in [4.69, 9.17) is 14.5 Å². The Labute approximate surface area is 191 Å². The first-order valence-electron chi connectivity index (χ1n) is 10.8. The highest BCUT2D eigenvalue weighted by atomic mass is 19.4. The van der Waals surface area contributed by atoms with E-state index in [-0.39, 0.29) is 17.1 Å². The van der Waals surface area contributed by atoms with E-state index in [1.54, 1.807) is 11.7 Å². The van der Waals surface area contributed by atoms with Crippen molar-refractivity contribution >= 4 is 0 Å². The molecule has 1 saturated heterocycles. The Morgan fingerprint density at radius 3 is 2.27 bits per heavy atom. The third kappa shape index (κ3) is 4.90. The van der Waals surface area contributed by atoms with E-state index in [1.165, 1.54) is 12.3 Å². The number of hydrogen-bond acceptors (Lipinski definition) is 4. The van der Waals surface area contributed by atoms with Gasteiger partial charge in [0.1, 0.15) is 17.3 Å². The van der Waals surface area contributed by atoms with Crippen molar-refractivity contribution in [1.29, 1.82) is 0 Å². The average molecular weight is 460 g/mol. The molecular formula is C25H28F3N3O2. The van der Waals surface area contributed by atoms with Gasteiger partial charge >= 0.3 is 6.18 Å². The van der Waals surface area contributed by atoms with Crippen molar-refractivity contribution in [3.05, 3.63) is 60.2 Å². The summed E-state index contributed by atoms with van der Waals surface area (Å²) in [5.41, 5.74) is 0.525. The lowest BCUT2D eigenvalue weighted by atomic mass is 9.79. The van der Waals surface area contributed by atoms with E-state index in [0.717, 1.165) is 30.2 Å². The van der Waals surface area contributed by atoms with Gasteiger partial charge in [0.15, 0.2) is 0 Å². The molecule has 2 aromatic heterocycles. The number of hydrogen-bond donors (Lipinski definition) is 0. The molecule has 4 rings (SSSR count). The van der Waals surface area contributed by atoms with Crippen molar-refractivity contribution in [2.24, 2.45) is 0 Å². The van der Waals surface area contributed by atoms with E-state index >= 15 is 0 Å². The van der Waals surface area contributed by atoms with Crippen LogP contribution in [0.1, 0.15) is 57.8 Å². The summed E-state index contributed by atoms with van der Waals surface area (Å²) < 4.78 is 52.7. The zero-order valence-corrected chi connectivity index (χ0v) is 19.4. The minimum Gasteiger partial charge on any atom is -0.496 e. The molecular weight excluding hydrogens is 431 g/mol. The molecule has 3 aromatic rings. The summed E-state index contributed by atoms with van der Waals surface area (Å²) in [4.78, 5) is 8.62. The predicted octanol–water partition coefficient (Wildman–Crippen LogP) is 6.41. The van der Waals surface area contributed by atoms with E-state index in [1.807, 2.05) is 30.5 Å². The maximum Gasteiger partial charge on any atom is 0.433 e. The highest BCUT2D eigenvalue weighted by Gasteiger charge is 2.41. The molecule has 1 aliphatic rings. The van der Waals surface area contributed by atoms with Gasteiger partial charge in [0.2, 0.25) is 0 Å². The molecule has 1 aromatic carbocycles. The van der Waals surface area contributed by atoms with Crippen LogP contribution in [0.15, 0.2) is 48.8 Å². The smallest absolute Gasteiger partial charge is 0.433 e. The molecule has 0 atom stereocenters. The summed E-state index contributed by atoms with van der Waals surface area (Å²) in [6, 6.07) is 9.86. The van der Waals surface area contributed by atoms with Crippen LogP contribution in [0, 0.1) is 0 Å². The van der Waals surface area contributed by atoms with Gasteiger partial charge in [0.25, 0.3) is 0 Å². The third-order valence-electron chi connectivity index (χ3n) is 5.84. The highest BCUT2D eigenvalue weighted by Crippen LogP contribution is 2.44. The molecule has 0 radical (unpaired) electrons. The molecule has 0 spiro atoms. The average Bonchev–Trinajstić information content (AvgIpc) is 3.16. The number of nitrogens with zero attached hydrogens (tertiary/aromatic N) is 3. The number of benzene rings is 1. The van der Waals surface area contributed by atoms with Gasteiger partial charge < -0.3 is 9.47 Å². The fourth-order valence-corrected chi connectivity index (χ4v) is 4.81. The largest absolute Gasteiger partial charge is 0.496 e. The van der Waals surface area contributed by atoms with Gasteiger partial charge in [-0.2, -0.15) is 13.2 Å². The third-order valence-corrected chi connectivity index (χ3v) is 5.84. The van der Waals surface area contributed by atoms with Gasteiger partial charge in [-0.15, -0.1) is 0 Å². The molecule has 176 valence electrons. The second kappa shape index (κ2) is 8.17. The molecule has 0 amide bonds. The van der Waals surface area contributed by atoms with Gasteiger partial charge in [-0.1, -0.05) is 12.1 Å². The quantitative estimate of drug-likeness (QED) is 0.452. The lowest BCUT2D eigenvalue weighted by Crippen LogP contribution is -2.44. The van der Waals surface area contributed by atoms with Gasteiger partial charge in [-0.25, -0.2) is 9.97 Å². The summed E-state index contributed by atoms with van der Waals surface area (Å²) in [6.45, 7) is 8.27. The standard InChI is InChI=1S/C25H28F3N3O2/c1-23(2)12-16(13-24(3,4)33-23)19-15-31(17-10-11-21(29-14-17)25(26,27)28)22(30-19)18-8-6-7-9-20(18)32-5/h6-11,14-16H,12-13H2,1-5H3. The SMILES string of the molecule is COc1ccccc1-c1nc(C2CC(C)(C)OC(C)(C)C2)cn1-c1ccc(C(F)(F)F)nc1. The molecule has 0 N–H and O–H groups in total. The number of pyridine rings is 1. The number of aromatic nitrogens is 3. The first-order chi connectivity index (χ1) is 15.4. The number of methoxy groups -OCH3 is 1. The number of imidazole rings is 1. The topological polar surface area (TPSA) is 49.2 Å². The minimum atomic E-state index is -4.50. The Bertz CT molecular complexity index is 1120. The normalized spacial score (nSPS) is 18.3. The van der Waals surface area contributed by atoms with E-state index in [2.05, 4.69) is 32.7 Å². The summed E-state index contributed by atoms with van der Waals surface area (Å²) in [6.07, 6.45) is 0.191. The van der Waals surface area contributed by atoms with Crippen molar-refractivity contribution in [2.75, 3.05) is 7.11 Å². The Hall–Kier alpha value is -2.87. The molecule has 0 aliphatic carbocycles. The fraction of sp³-hybridized carbons (Fsp3) is 0.440. The van der Waals surface area contributed by atoms with Crippen molar-refractivity contribution in [3.63, 3.8) is 0 Å². The number of halogens is 3. The van der Waals surface area contributed by atoms with Crippen LogP contribution in [0.25, 0.3) is 17.1 Å². The summed E-state index contributed by atoms with van der Waals surface area (Å²) in [5.74, 6) is 1.34. The van der Waals surface area contributed by atoms with E-state index in [0.29, 0.717) is 17.3 Å². The van der Waals surface area contributed by atoms with Gasteiger partial charge in [0.05, 0.1) is 41.5 Å². The molecule has 0 unspecified atom stereocenters. The van der Waals surface area contributed by atoms with Gasteiger partial charge in [-0.3, -0.25) is 4.57 Å². The maximum atomic E-state index is 13.0. The zero-order valence-electron chi connectivity index (χ0n) is 19.4. The second-order valence-electron chi connectivity index (χ2n) is 9.69. The molecule has 0 bridgehead atoms. The van der Waals surface area contributed by atoms with Crippen LogP contribution in [0.4, 0.5) is 13.2 Å². The van der Waals surface area contributed by atoms with Crippen molar-refractivity contribution in [2.45, 2.75) is 63.8 Å². The van der Waals surface area contributed by atoms with Crippen LogP contribution in [0.3, 0.4) is 0 Å². The summed E-state index contributed by atoms with van der Waals surface area (Å²) in [5, 5.41) is 0. The fourth-order valence-electron chi connectivity index (χ4n) is 4.81. The number of rotatable bonds is 4. The van der Waals surface area contributed by atoms with Crippen LogP contribution in [0.2, 0.25) is 0 Å². The van der Waals surface area contributed by atoms with Crippen LogP contribution >= 0.6 is 0 Å². The summed E-state index contributed by atoms with van der Waals surface area (Å²) in [7, 11) is 1.58. The molecule has 5 nitrogen and oxygen atoms in total. The maximum absolute atomic E-state index is 13.0. The molecule has 1 fully saturated rings. The lowest BCUT2D eigenvalue weighted by Gasteiger charge is -2.45. The van der Waals surface area contributed by atoms with Crippen LogP contribution in [-0.2, 0) is 10.9 Å². The van der Waals surface area contributed by atoms with Crippen LogP contribution in [0.5, 0.6) is 5.75 Å². The molecule has 1 aliphatic heterocycles. The second-order valence-corrected chi connectivity index (χ2v) is 9.69. The Kier molecular flexibility index (Phi) is 5.76. The Morgan fingerprint density at radius 1 is 1.03 bits per heavy atom. The van der Waals surface area contributed by atoms with E-state index < -0.39 is 11.9 Å². The van der Waals surface area contributed by atoms with Gasteiger partial charge in [-0.05, 0) is 64.8 Å². The van der Waals surface area contributed by atoms with E-state index in [9.17, 15) is 13.2 Å². The summed E-state index contributed by atoms with van der Waals surface area (Å²) >= 11 is 0. The first kappa shape index (κ1) is 23.3. The number of alkyl halides is 3. The lowest BCUT2D eigenvalue weighted by molar-refractivity contribution is -0.162. The molecule has 3 heterocycles. The molecule has 8 heteroatoms. The Balaban J connectivity index is 1.84. The first-order valence-corrected chi connectivity index (χ1v) is 10.8. The zero-order chi connectivity index (χ0) is 24.0. The minimum absolute atomic E-state index is 0.126. The van der Waals surface area contributed by atoms with Crippen molar-refractivity contribution in [1.82, 2.24) is 14.5 Å². The Morgan fingerprint density at radius 2 is 1.70 bits per heavy atom. The van der Waals surface area contributed by atoms with Crippen LogP contribution in [-0.4, -0.2) is 32.8 Å². The number of ether oxygens (including phenoxy) is 2.